The van der Waals surface area contributed by atoms with Crippen LogP contribution in [0.4, 0.5) is 11.5 Å². The molecule has 0 aliphatic heterocycles. The lowest BCUT2D eigenvalue weighted by Gasteiger charge is -2.22. The van der Waals surface area contributed by atoms with Gasteiger partial charge in [0.25, 0.3) is 11.8 Å². The third kappa shape index (κ3) is 5.63. The highest BCUT2D eigenvalue weighted by molar-refractivity contribution is 6.09. The minimum absolute atomic E-state index is 0.171. The Bertz CT molecular complexity index is 1490. The van der Waals surface area contributed by atoms with Crippen LogP contribution < -0.4 is 10.2 Å². The molecule has 0 saturated heterocycles. The molecule has 37 heavy (non-hydrogen) atoms. The van der Waals surface area contributed by atoms with E-state index in [0.717, 1.165) is 16.7 Å². The van der Waals surface area contributed by atoms with Crippen LogP contribution in [0.15, 0.2) is 134 Å². The van der Waals surface area contributed by atoms with Gasteiger partial charge in [0, 0.05) is 23.0 Å². The van der Waals surface area contributed by atoms with Gasteiger partial charge < -0.3 is 5.32 Å². The van der Waals surface area contributed by atoms with E-state index in [1.54, 1.807) is 35.4 Å². The van der Waals surface area contributed by atoms with E-state index in [9.17, 15) is 9.59 Å². The monoisotopic (exact) mass is 483 g/mol. The number of anilines is 2. The van der Waals surface area contributed by atoms with E-state index < -0.39 is 0 Å². The average molecular weight is 484 g/mol. The summed E-state index contributed by atoms with van der Waals surface area (Å²) < 4.78 is 0. The fraction of sp³-hybridized carbons (Fsp3) is 0.0312. The summed E-state index contributed by atoms with van der Waals surface area (Å²) in [6.07, 6.45) is 1.67. The number of hydrogen-bond acceptors (Lipinski definition) is 3. The summed E-state index contributed by atoms with van der Waals surface area (Å²) in [4.78, 5) is 32.7. The lowest BCUT2D eigenvalue weighted by atomic mass is 9.99. The molecule has 0 spiro atoms. The minimum Gasteiger partial charge on any atom is -0.322 e. The molecule has 180 valence electrons. The van der Waals surface area contributed by atoms with Gasteiger partial charge in [-0.25, -0.2) is 4.98 Å². The molecule has 2 amide bonds. The predicted molar refractivity (Wildman–Crippen MR) is 147 cm³/mol. The fourth-order valence-electron chi connectivity index (χ4n) is 4.14. The quantitative estimate of drug-likeness (QED) is 0.275. The second kappa shape index (κ2) is 11.1. The highest BCUT2D eigenvalue weighted by Gasteiger charge is 2.20. The van der Waals surface area contributed by atoms with Crippen LogP contribution in [-0.4, -0.2) is 16.8 Å². The van der Waals surface area contributed by atoms with Crippen molar-refractivity contribution in [3.05, 3.63) is 150 Å². The molecule has 0 aliphatic carbocycles. The molecule has 0 atom stereocenters. The van der Waals surface area contributed by atoms with Crippen molar-refractivity contribution < 1.29 is 9.59 Å². The highest BCUT2D eigenvalue weighted by atomic mass is 16.2. The molecular formula is C32H25N3O2. The zero-order valence-electron chi connectivity index (χ0n) is 20.1. The van der Waals surface area contributed by atoms with Crippen molar-refractivity contribution >= 4 is 23.3 Å². The summed E-state index contributed by atoms with van der Waals surface area (Å²) in [7, 11) is 0. The number of carbonyl (C=O) groups excluding carboxylic acids is 2. The predicted octanol–water partition coefficient (Wildman–Crippen LogP) is 6.85. The summed E-state index contributed by atoms with van der Waals surface area (Å²) in [5, 5.41) is 2.96. The molecule has 4 aromatic carbocycles. The van der Waals surface area contributed by atoms with Crippen LogP contribution in [0.5, 0.6) is 0 Å². The first kappa shape index (κ1) is 23.7. The van der Waals surface area contributed by atoms with Crippen LogP contribution >= 0.6 is 0 Å². The zero-order valence-corrected chi connectivity index (χ0v) is 20.1. The van der Waals surface area contributed by atoms with Crippen molar-refractivity contribution in [2.45, 2.75) is 6.54 Å². The van der Waals surface area contributed by atoms with Gasteiger partial charge in [-0.2, -0.15) is 0 Å². The van der Waals surface area contributed by atoms with Crippen molar-refractivity contribution in [1.29, 1.82) is 0 Å². The SMILES string of the molecule is O=C(Nc1ccc(C(=O)N(Cc2ccccc2)c2ccccn2)cc1)c1ccccc1-c1ccccc1. The van der Waals surface area contributed by atoms with Crippen LogP contribution in [0.2, 0.25) is 0 Å². The molecule has 5 nitrogen and oxygen atoms in total. The summed E-state index contributed by atoms with van der Waals surface area (Å²) in [5.41, 5.74) is 4.53. The van der Waals surface area contributed by atoms with Gasteiger partial charge in [0.2, 0.25) is 0 Å². The van der Waals surface area contributed by atoms with Crippen LogP contribution in [0.3, 0.4) is 0 Å². The Kier molecular flexibility index (Phi) is 7.14. The van der Waals surface area contributed by atoms with E-state index in [0.29, 0.717) is 29.2 Å². The lowest BCUT2D eigenvalue weighted by Crippen LogP contribution is -2.31. The molecule has 5 aromatic rings. The van der Waals surface area contributed by atoms with Gasteiger partial charge in [0.1, 0.15) is 5.82 Å². The average Bonchev–Trinajstić information content (AvgIpc) is 2.97. The molecule has 5 heteroatoms. The van der Waals surface area contributed by atoms with E-state index in [1.807, 2.05) is 103 Å². The number of nitrogens with one attached hydrogen (secondary N) is 1. The third-order valence-corrected chi connectivity index (χ3v) is 6.00. The summed E-state index contributed by atoms with van der Waals surface area (Å²) in [5.74, 6) is 0.193. The fourth-order valence-corrected chi connectivity index (χ4v) is 4.14. The standard InChI is InChI=1S/C32H25N3O2/c36-31(29-16-8-7-15-28(29)25-13-5-2-6-14-25)34-27-20-18-26(19-21-27)32(37)35(30-17-9-10-22-33-30)23-24-11-3-1-4-12-24/h1-22H,23H2,(H,34,36). The Balaban J connectivity index is 1.35. The van der Waals surface area contributed by atoms with Gasteiger partial charge in [-0.05, 0) is 59.2 Å². The molecule has 0 radical (unpaired) electrons. The van der Waals surface area contributed by atoms with Crippen molar-refractivity contribution in [1.82, 2.24) is 4.98 Å². The number of rotatable bonds is 7. The first-order valence-electron chi connectivity index (χ1n) is 12.0. The number of nitrogens with zero attached hydrogens (tertiary/aromatic N) is 2. The van der Waals surface area contributed by atoms with Crippen LogP contribution in [0.25, 0.3) is 11.1 Å². The molecule has 1 heterocycles. The first-order chi connectivity index (χ1) is 18.2. The molecule has 0 saturated carbocycles. The number of benzene rings is 4. The first-order valence-corrected chi connectivity index (χ1v) is 12.0. The van der Waals surface area contributed by atoms with E-state index in [2.05, 4.69) is 10.3 Å². The molecular weight excluding hydrogens is 458 g/mol. The Morgan fingerprint density at radius 3 is 2.03 bits per heavy atom. The topological polar surface area (TPSA) is 62.3 Å². The molecule has 0 bridgehead atoms. The van der Waals surface area contributed by atoms with Crippen molar-refractivity contribution in [2.24, 2.45) is 0 Å². The Morgan fingerprint density at radius 2 is 1.32 bits per heavy atom. The Hall–Kier alpha value is -5.03. The summed E-state index contributed by atoms with van der Waals surface area (Å²) in [6, 6.07) is 39.6. The maximum absolute atomic E-state index is 13.5. The maximum atomic E-state index is 13.5. The molecule has 0 fully saturated rings. The van der Waals surface area contributed by atoms with Gasteiger partial charge in [0.15, 0.2) is 0 Å². The van der Waals surface area contributed by atoms with Crippen LogP contribution in [-0.2, 0) is 6.54 Å². The number of carbonyl (C=O) groups is 2. The van der Waals surface area contributed by atoms with Gasteiger partial charge in [-0.3, -0.25) is 14.5 Å². The van der Waals surface area contributed by atoms with E-state index >= 15 is 0 Å². The van der Waals surface area contributed by atoms with Gasteiger partial charge in [-0.15, -0.1) is 0 Å². The minimum atomic E-state index is -0.210. The molecule has 0 aliphatic rings. The van der Waals surface area contributed by atoms with Crippen LogP contribution in [0.1, 0.15) is 26.3 Å². The molecule has 1 aromatic heterocycles. The largest absolute Gasteiger partial charge is 0.322 e. The zero-order chi connectivity index (χ0) is 25.5. The van der Waals surface area contributed by atoms with Gasteiger partial charge in [0.05, 0.1) is 6.54 Å². The van der Waals surface area contributed by atoms with Crippen LogP contribution in [0, 0.1) is 0 Å². The molecule has 1 N–H and O–H groups in total. The highest BCUT2D eigenvalue weighted by Crippen LogP contribution is 2.25. The number of pyridine rings is 1. The summed E-state index contributed by atoms with van der Waals surface area (Å²) in [6.45, 7) is 0.394. The second-order valence-corrected chi connectivity index (χ2v) is 8.51. The third-order valence-electron chi connectivity index (χ3n) is 6.00. The van der Waals surface area contributed by atoms with Crippen molar-refractivity contribution in [3.8, 4) is 11.1 Å². The van der Waals surface area contributed by atoms with Gasteiger partial charge in [-0.1, -0.05) is 84.9 Å². The molecule has 0 unspecified atom stereocenters. The van der Waals surface area contributed by atoms with Gasteiger partial charge >= 0.3 is 0 Å². The maximum Gasteiger partial charge on any atom is 0.259 e. The normalized spacial score (nSPS) is 10.5. The second-order valence-electron chi connectivity index (χ2n) is 8.51. The number of hydrogen-bond donors (Lipinski definition) is 1. The number of amides is 2. The molecule has 5 rings (SSSR count). The number of aromatic nitrogens is 1. The van der Waals surface area contributed by atoms with E-state index in [1.165, 1.54) is 0 Å². The van der Waals surface area contributed by atoms with Crippen molar-refractivity contribution in [2.75, 3.05) is 10.2 Å². The van der Waals surface area contributed by atoms with E-state index in [4.69, 9.17) is 0 Å². The van der Waals surface area contributed by atoms with E-state index in [-0.39, 0.29) is 11.8 Å². The Labute approximate surface area is 216 Å². The summed E-state index contributed by atoms with van der Waals surface area (Å²) >= 11 is 0. The van der Waals surface area contributed by atoms with Crippen molar-refractivity contribution in [3.63, 3.8) is 0 Å². The lowest BCUT2D eigenvalue weighted by molar-refractivity contribution is 0.0983. The smallest absolute Gasteiger partial charge is 0.259 e. The Morgan fingerprint density at radius 1 is 0.676 bits per heavy atom.